The van der Waals surface area contributed by atoms with Crippen LogP contribution in [-0.2, 0) is 0 Å². The number of aryl methyl sites for hydroxylation is 2. The summed E-state index contributed by atoms with van der Waals surface area (Å²) in [4.78, 5) is 26.3. The zero-order valence-electron chi connectivity index (χ0n) is 15.5. The zero-order valence-corrected chi connectivity index (χ0v) is 15.5. The minimum Gasteiger partial charge on any atom is -0.493 e. The minimum atomic E-state index is 0.0741. The summed E-state index contributed by atoms with van der Waals surface area (Å²) < 4.78 is 5.64. The lowest BCUT2D eigenvalue weighted by Crippen LogP contribution is -2.70. The van der Waals surface area contributed by atoms with Gasteiger partial charge in [0.1, 0.15) is 17.4 Å². The molecule has 3 aliphatic heterocycles. The molecule has 3 aliphatic rings. The molecule has 0 radical (unpaired) electrons. The van der Waals surface area contributed by atoms with Crippen molar-refractivity contribution in [1.82, 2.24) is 14.9 Å². The number of hydrogen-bond acceptors (Lipinski definition) is 5. The zero-order chi connectivity index (χ0) is 18.3. The molecule has 4 heterocycles. The molecule has 0 aliphatic carbocycles. The Kier molecular flexibility index (Phi) is 4.26. The molecule has 2 unspecified atom stereocenters. The lowest BCUT2D eigenvalue weighted by molar-refractivity contribution is 0.00546. The fourth-order valence-corrected chi connectivity index (χ4v) is 4.05. The molecule has 0 spiro atoms. The first-order chi connectivity index (χ1) is 12.6. The smallest absolute Gasteiger partial charge is 0.258 e. The lowest BCUT2D eigenvalue weighted by atomic mass is 9.86. The molecule has 0 N–H and O–H groups in total. The van der Waals surface area contributed by atoms with Gasteiger partial charge in [-0.3, -0.25) is 4.79 Å². The van der Waals surface area contributed by atoms with Gasteiger partial charge < -0.3 is 14.5 Å². The van der Waals surface area contributed by atoms with E-state index in [2.05, 4.69) is 14.9 Å². The first kappa shape index (κ1) is 16.8. The number of aromatic nitrogens is 2. The van der Waals surface area contributed by atoms with E-state index in [1.165, 1.54) is 0 Å². The summed E-state index contributed by atoms with van der Waals surface area (Å²) in [5, 5.41) is 0. The Morgan fingerprint density at radius 3 is 2.62 bits per heavy atom. The third kappa shape index (κ3) is 2.89. The maximum atomic E-state index is 13.1. The maximum absolute atomic E-state index is 13.1. The van der Waals surface area contributed by atoms with Gasteiger partial charge in [-0.05, 0) is 39.3 Å². The van der Waals surface area contributed by atoms with Crippen molar-refractivity contribution in [3.05, 3.63) is 47.4 Å². The Balaban J connectivity index is 1.52. The van der Waals surface area contributed by atoms with Gasteiger partial charge >= 0.3 is 0 Å². The monoisotopic (exact) mass is 352 g/mol. The SMILES string of the molecule is CCOc1ccccc1C(=O)N1C2CC1CN(c1cc(C)nc(C)n1)C2. The van der Waals surface area contributed by atoms with E-state index in [-0.39, 0.29) is 18.0 Å². The molecular weight excluding hydrogens is 328 g/mol. The van der Waals surface area contributed by atoms with Gasteiger partial charge in [-0.2, -0.15) is 0 Å². The average molecular weight is 352 g/mol. The van der Waals surface area contributed by atoms with Crippen molar-refractivity contribution in [1.29, 1.82) is 0 Å². The van der Waals surface area contributed by atoms with Crippen LogP contribution in [-0.4, -0.2) is 52.6 Å². The van der Waals surface area contributed by atoms with Crippen LogP contribution < -0.4 is 9.64 Å². The van der Waals surface area contributed by atoms with Gasteiger partial charge in [0.25, 0.3) is 5.91 Å². The minimum absolute atomic E-state index is 0.0741. The van der Waals surface area contributed by atoms with Crippen LogP contribution in [0.3, 0.4) is 0 Å². The predicted molar refractivity (Wildman–Crippen MR) is 99.7 cm³/mol. The fraction of sp³-hybridized carbons (Fsp3) is 0.450. The number of anilines is 1. The van der Waals surface area contributed by atoms with Gasteiger partial charge in [-0.25, -0.2) is 9.97 Å². The van der Waals surface area contributed by atoms with Crippen molar-refractivity contribution < 1.29 is 9.53 Å². The Hall–Kier alpha value is -2.63. The molecule has 1 aromatic heterocycles. The summed E-state index contributed by atoms with van der Waals surface area (Å²) in [6.07, 6.45) is 1.06. The van der Waals surface area contributed by atoms with Crippen LogP contribution in [0.1, 0.15) is 35.2 Å². The van der Waals surface area contributed by atoms with Gasteiger partial charge in [0.2, 0.25) is 0 Å². The Labute approximate surface area is 153 Å². The first-order valence-electron chi connectivity index (χ1n) is 9.18. The van der Waals surface area contributed by atoms with Crippen molar-refractivity contribution >= 4 is 11.7 Å². The van der Waals surface area contributed by atoms with Crippen LogP contribution in [0.15, 0.2) is 30.3 Å². The summed E-state index contributed by atoms with van der Waals surface area (Å²) in [5.41, 5.74) is 1.64. The van der Waals surface area contributed by atoms with Crippen molar-refractivity contribution in [2.45, 2.75) is 39.3 Å². The number of hydrogen-bond donors (Lipinski definition) is 0. The molecule has 6 heteroatoms. The van der Waals surface area contributed by atoms with Crippen molar-refractivity contribution in [2.24, 2.45) is 0 Å². The third-order valence-electron chi connectivity index (χ3n) is 5.12. The molecule has 1 aromatic carbocycles. The number of carbonyl (C=O) groups is 1. The summed E-state index contributed by atoms with van der Waals surface area (Å²) in [5.74, 6) is 2.50. The van der Waals surface area contributed by atoms with Crippen LogP contribution >= 0.6 is 0 Å². The van der Waals surface area contributed by atoms with Crippen molar-refractivity contribution in [3.63, 3.8) is 0 Å². The number of fused-ring (bicyclic) bond motifs is 2. The van der Waals surface area contributed by atoms with E-state index in [1.54, 1.807) is 0 Å². The van der Waals surface area contributed by atoms with Crippen LogP contribution in [0, 0.1) is 13.8 Å². The number of rotatable bonds is 4. The second-order valence-corrected chi connectivity index (χ2v) is 7.00. The molecule has 26 heavy (non-hydrogen) atoms. The molecule has 2 bridgehead atoms. The standard InChI is InChI=1S/C20H24N4O2/c1-4-26-18-8-6-5-7-17(18)20(25)24-15-10-16(24)12-23(11-15)19-9-13(2)21-14(3)22-19/h5-9,15-16H,4,10-12H2,1-3H3. The van der Waals surface area contributed by atoms with Crippen molar-refractivity contribution in [3.8, 4) is 5.75 Å². The first-order valence-corrected chi connectivity index (χ1v) is 9.18. The van der Waals surface area contributed by atoms with E-state index < -0.39 is 0 Å². The van der Waals surface area contributed by atoms with Crippen LogP contribution in [0.4, 0.5) is 5.82 Å². The molecular formula is C20H24N4O2. The highest BCUT2D eigenvalue weighted by Gasteiger charge is 2.48. The lowest BCUT2D eigenvalue weighted by Gasteiger charge is -2.56. The maximum Gasteiger partial charge on any atom is 0.258 e. The van der Waals surface area contributed by atoms with Crippen LogP contribution in [0.25, 0.3) is 0 Å². The quantitative estimate of drug-likeness (QED) is 0.846. The normalized spacial score (nSPS) is 21.3. The molecule has 1 amide bonds. The summed E-state index contributed by atoms with van der Waals surface area (Å²) >= 11 is 0. The van der Waals surface area contributed by atoms with Gasteiger partial charge in [0.15, 0.2) is 0 Å². The number of para-hydroxylation sites is 1. The molecule has 3 fully saturated rings. The number of benzene rings is 1. The Morgan fingerprint density at radius 1 is 1.19 bits per heavy atom. The average Bonchev–Trinajstić information content (AvgIpc) is 2.61. The molecule has 136 valence electrons. The van der Waals surface area contributed by atoms with E-state index in [4.69, 9.17) is 4.74 Å². The fourth-order valence-electron chi connectivity index (χ4n) is 4.05. The highest BCUT2D eigenvalue weighted by Crippen LogP contribution is 2.36. The van der Waals surface area contributed by atoms with E-state index >= 15 is 0 Å². The van der Waals surface area contributed by atoms with Gasteiger partial charge in [0, 0.05) is 24.8 Å². The Bertz CT molecular complexity index is 806. The molecule has 3 saturated heterocycles. The van der Waals surface area contributed by atoms with E-state index in [1.807, 2.05) is 56.0 Å². The highest BCUT2D eigenvalue weighted by atomic mass is 16.5. The van der Waals surface area contributed by atoms with Gasteiger partial charge in [-0.15, -0.1) is 0 Å². The third-order valence-corrected chi connectivity index (χ3v) is 5.12. The van der Waals surface area contributed by atoms with E-state index in [9.17, 15) is 4.79 Å². The second kappa shape index (κ2) is 6.59. The molecule has 6 nitrogen and oxygen atoms in total. The van der Waals surface area contributed by atoms with E-state index in [0.717, 1.165) is 36.8 Å². The summed E-state index contributed by atoms with van der Waals surface area (Å²) in [6.45, 7) is 8.02. The number of carbonyl (C=O) groups excluding carboxylic acids is 1. The largest absolute Gasteiger partial charge is 0.493 e. The number of amides is 1. The summed E-state index contributed by atoms with van der Waals surface area (Å²) in [7, 11) is 0. The van der Waals surface area contributed by atoms with Crippen molar-refractivity contribution in [2.75, 3.05) is 24.6 Å². The number of piperazine rings is 1. The molecule has 2 atom stereocenters. The van der Waals surface area contributed by atoms with E-state index in [0.29, 0.717) is 17.9 Å². The number of nitrogens with zero attached hydrogens (tertiary/aromatic N) is 4. The van der Waals surface area contributed by atoms with Gasteiger partial charge in [-0.1, -0.05) is 12.1 Å². The van der Waals surface area contributed by atoms with Gasteiger partial charge in [0.05, 0.1) is 24.3 Å². The number of ether oxygens (including phenoxy) is 1. The summed E-state index contributed by atoms with van der Waals surface area (Å²) in [6, 6.07) is 10.00. The topological polar surface area (TPSA) is 58.6 Å². The second-order valence-electron chi connectivity index (χ2n) is 7.00. The number of piperidine rings is 1. The van der Waals surface area contributed by atoms with Crippen LogP contribution in [0.2, 0.25) is 0 Å². The molecule has 5 rings (SSSR count). The highest BCUT2D eigenvalue weighted by molar-refractivity contribution is 5.98. The molecule has 2 aromatic rings. The Morgan fingerprint density at radius 2 is 1.92 bits per heavy atom. The molecule has 0 saturated carbocycles. The van der Waals surface area contributed by atoms with Crippen LogP contribution in [0.5, 0.6) is 5.75 Å². The predicted octanol–water partition coefficient (Wildman–Crippen LogP) is 2.60.